The van der Waals surface area contributed by atoms with Crippen LogP contribution in [0.2, 0.25) is 5.02 Å². The molecule has 0 saturated carbocycles. The van der Waals surface area contributed by atoms with Gasteiger partial charge in [-0.2, -0.15) is 0 Å². The summed E-state index contributed by atoms with van der Waals surface area (Å²) >= 11 is 6.37. The van der Waals surface area contributed by atoms with Gasteiger partial charge in [-0.05, 0) is 24.3 Å². The molecule has 0 radical (unpaired) electrons. The Morgan fingerprint density at radius 2 is 1.58 bits per heavy atom. The number of nitrogens with zero attached hydrogens (tertiary/aromatic N) is 6. The van der Waals surface area contributed by atoms with Crippen LogP contribution in [0, 0.1) is 17.5 Å². The molecular formula is C25H18ClF3N6O. The molecule has 0 unspecified atom stereocenters. The van der Waals surface area contributed by atoms with Gasteiger partial charge in [0.2, 0.25) is 0 Å². The molecule has 0 atom stereocenters. The van der Waals surface area contributed by atoms with E-state index >= 15 is 0 Å². The lowest BCUT2D eigenvalue weighted by Crippen LogP contribution is -2.49. The van der Waals surface area contributed by atoms with Gasteiger partial charge in [-0.15, -0.1) is 0 Å². The average Bonchev–Trinajstić information content (AvgIpc) is 2.89. The molecular weight excluding hydrogens is 493 g/mol. The number of rotatable bonds is 4. The van der Waals surface area contributed by atoms with Crippen molar-refractivity contribution < 1.29 is 18.0 Å². The summed E-state index contributed by atoms with van der Waals surface area (Å²) in [6, 6.07) is 6.02. The number of carbonyl (C=O) groups excluding carboxylic acids is 1. The minimum atomic E-state index is -0.779. The van der Waals surface area contributed by atoms with Crippen LogP contribution in [0.15, 0.2) is 61.3 Å². The van der Waals surface area contributed by atoms with Gasteiger partial charge in [0.1, 0.15) is 29.0 Å². The van der Waals surface area contributed by atoms with E-state index < -0.39 is 23.4 Å². The summed E-state index contributed by atoms with van der Waals surface area (Å²) in [5, 5.41) is 0.293. The van der Waals surface area contributed by atoms with Crippen molar-refractivity contribution in [3.05, 3.63) is 89.4 Å². The summed E-state index contributed by atoms with van der Waals surface area (Å²) in [5.74, 6) is -2.05. The Hall–Kier alpha value is -4.05. The highest BCUT2D eigenvalue weighted by Gasteiger charge is 2.26. The molecule has 0 bridgehead atoms. The summed E-state index contributed by atoms with van der Waals surface area (Å²) < 4.78 is 42.2. The van der Waals surface area contributed by atoms with Gasteiger partial charge in [0, 0.05) is 68.2 Å². The summed E-state index contributed by atoms with van der Waals surface area (Å²) in [7, 11) is 0. The number of halogens is 4. The molecule has 0 aliphatic carbocycles. The van der Waals surface area contributed by atoms with Gasteiger partial charge in [0.15, 0.2) is 0 Å². The maximum atomic E-state index is 14.6. The second-order valence-corrected chi connectivity index (χ2v) is 8.45. The van der Waals surface area contributed by atoms with Crippen molar-refractivity contribution in [3.63, 3.8) is 0 Å². The van der Waals surface area contributed by atoms with Crippen LogP contribution in [0.25, 0.3) is 22.5 Å². The number of anilines is 1. The maximum Gasteiger partial charge on any atom is 0.258 e. The molecule has 36 heavy (non-hydrogen) atoms. The fourth-order valence-corrected chi connectivity index (χ4v) is 4.22. The molecule has 1 aromatic carbocycles. The molecule has 1 aliphatic rings. The van der Waals surface area contributed by atoms with E-state index in [9.17, 15) is 18.0 Å². The average molecular weight is 511 g/mol. The normalized spacial score (nSPS) is 13.7. The molecule has 1 fully saturated rings. The summed E-state index contributed by atoms with van der Waals surface area (Å²) in [4.78, 5) is 33.2. The lowest BCUT2D eigenvalue weighted by molar-refractivity contribution is 0.0741. The number of hydrogen-bond acceptors (Lipinski definition) is 6. The van der Waals surface area contributed by atoms with Crippen molar-refractivity contribution in [2.75, 3.05) is 31.1 Å². The molecule has 0 N–H and O–H groups in total. The number of benzene rings is 1. The standard InChI is InChI=1S/C25H18ClF3N6O/c26-19-13-31-5-3-16(19)24-23(17-2-1-15(27)11-21(17)29)32-14-22(33-24)34-7-9-35(10-8-34)25(36)18-12-30-6-4-20(18)28/h1-6,11-14H,7-10H2. The van der Waals surface area contributed by atoms with Crippen LogP contribution in [0.1, 0.15) is 10.4 Å². The van der Waals surface area contributed by atoms with Gasteiger partial charge >= 0.3 is 0 Å². The number of pyridine rings is 2. The van der Waals surface area contributed by atoms with Gasteiger partial charge in [0.25, 0.3) is 5.91 Å². The van der Waals surface area contributed by atoms with Crippen LogP contribution in [0.5, 0.6) is 0 Å². The number of aromatic nitrogens is 4. The molecule has 5 rings (SSSR count). The molecule has 4 aromatic rings. The molecule has 4 heterocycles. The van der Waals surface area contributed by atoms with Crippen LogP contribution in [-0.4, -0.2) is 56.9 Å². The fourth-order valence-electron chi connectivity index (χ4n) is 4.01. The predicted octanol–water partition coefficient (Wildman–Crippen LogP) is 4.63. The Kier molecular flexibility index (Phi) is 6.51. The third-order valence-corrected chi connectivity index (χ3v) is 6.16. The van der Waals surface area contributed by atoms with E-state index in [4.69, 9.17) is 16.6 Å². The third kappa shape index (κ3) is 4.59. The smallest absolute Gasteiger partial charge is 0.258 e. The van der Waals surface area contributed by atoms with Gasteiger partial charge in [-0.3, -0.25) is 14.8 Å². The van der Waals surface area contributed by atoms with Crippen molar-refractivity contribution in [1.82, 2.24) is 24.8 Å². The molecule has 1 saturated heterocycles. The monoisotopic (exact) mass is 510 g/mol. The van der Waals surface area contributed by atoms with E-state index in [1.54, 1.807) is 11.0 Å². The Bertz CT molecular complexity index is 1450. The van der Waals surface area contributed by atoms with Crippen LogP contribution in [0.4, 0.5) is 19.0 Å². The number of hydrogen-bond donors (Lipinski definition) is 0. The topological polar surface area (TPSA) is 75.1 Å². The minimum absolute atomic E-state index is 0.0762. The number of amides is 1. The second kappa shape index (κ2) is 9.90. The van der Waals surface area contributed by atoms with E-state index in [2.05, 4.69) is 15.0 Å². The molecule has 1 aliphatic heterocycles. The van der Waals surface area contributed by atoms with E-state index in [0.29, 0.717) is 48.3 Å². The third-order valence-electron chi connectivity index (χ3n) is 5.86. The first-order valence-electron chi connectivity index (χ1n) is 11.0. The van der Waals surface area contributed by atoms with E-state index in [1.807, 2.05) is 4.90 Å². The zero-order valence-electron chi connectivity index (χ0n) is 18.7. The van der Waals surface area contributed by atoms with Crippen LogP contribution in [-0.2, 0) is 0 Å². The van der Waals surface area contributed by atoms with Crippen LogP contribution in [0.3, 0.4) is 0 Å². The van der Waals surface area contributed by atoms with Crippen LogP contribution >= 0.6 is 11.6 Å². The zero-order chi connectivity index (χ0) is 25.2. The Labute approximate surface area is 209 Å². The first-order chi connectivity index (χ1) is 17.4. The first kappa shape index (κ1) is 23.7. The van der Waals surface area contributed by atoms with Crippen molar-refractivity contribution in [2.45, 2.75) is 0 Å². The molecule has 0 spiro atoms. The van der Waals surface area contributed by atoms with Crippen molar-refractivity contribution in [3.8, 4) is 22.5 Å². The van der Waals surface area contributed by atoms with Crippen LogP contribution < -0.4 is 4.90 Å². The van der Waals surface area contributed by atoms with Gasteiger partial charge in [-0.25, -0.2) is 23.1 Å². The Morgan fingerprint density at radius 1 is 0.833 bits per heavy atom. The zero-order valence-corrected chi connectivity index (χ0v) is 19.5. The predicted molar refractivity (Wildman–Crippen MR) is 128 cm³/mol. The summed E-state index contributed by atoms with van der Waals surface area (Å²) in [6.07, 6.45) is 6.97. The quantitative estimate of drug-likeness (QED) is 0.398. The van der Waals surface area contributed by atoms with E-state index in [-0.39, 0.29) is 16.8 Å². The van der Waals surface area contributed by atoms with Crippen molar-refractivity contribution in [2.24, 2.45) is 0 Å². The molecule has 3 aromatic heterocycles. The second-order valence-electron chi connectivity index (χ2n) is 8.04. The lowest BCUT2D eigenvalue weighted by atomic mass is 10.0. The summed E-state index contributed by atoms with van der Waals surface area (Å²) in [6.45, 7) is 1.48. The highest BCUT2D eigenvalue weighted by atomic mass is 35.5. The maximum absolute atomic E-state index is 14.6. The number of piperazine rings is 1. The minimum Gasteiger partial charge on any atom is -0.352 e. The molecule has 11 heteroatoms. The lowest BCUT2D eigenvalue weighted by Gasteiger charge is -2.35. The molecule has 7 nitrogen and oxygen atoms in total. The first-order valence-corrected chi connectivity index (χ1v) is 11.4. The molecule has 1 amide bonds. The Balaban J connectivity index is 1.45. The highest BCUT2D eigenvalue weighted by Crippen LogP contribution is 2.35. The van der Waals surface area contributed by atoms with Gasteiger partial charge < -0.3 is 9.80 Å². The highest BCUT2D eigenvalue weighted by molar-refractivity contribution is 6.33. The number of carbonyl (C=O) groups is 1. The largest absolute Gasteiger partial charge is 0.352 e. The van der Waals surface area contributed by atoms with Gasteiger partial charge in [0.05, 0.1) is 22.5 Å². The van der Waals surface area contributed by atoms with Crippen molar-refractivity contribution in [1.29, 1.82) is 0 Å². The summed E-state index contributed by atoms with van der Waals surface area (Å²) in [5.41, 5.74) is 0.991. The molecule has 182 valence electrons. The van der Waals surface area contributed by atoms with Gasteiger partial charge in [-0.1, -0.05) is 11.6 Å². The van der Waals surface area contributed by atoms with E-state index in [1.165, 1.54) is 37.1 Å². The Morgan fingerprint density at radius 3 is 2.31 bits per heavy atom. The fraction of sp³-hybridized carbons (Fsp3) is 0.160. The SMILES string of the molecule is O=C(c1cnccc1F)N1CCN(c2cnc(-c3ccc(F)cc3F)c(-c3ccncc3Cl)n2)CC1. The van der Waals surface area contributed by atoms with Crippen molar-refractivity contribution >= 4 is 23.3 Å². The van der Waals surface area contributed by atoms with E-state index in [0.717, 1.165) is 18.2 Å².